The van der Waals surface area contributed by atoms with Crippen LogP contribution in [-0.2, 0) is 6.18 Å². The lowest BCUT2D eigenvalue weighted by Gasteiger charge is -2.06. The third-order valence-corrected chi connectivity index (χ3v) is 2.43. The summed E-state index contributed by atoms with van der Waals surface area (Å²) in [6.45, 7) is 3.44. The van der Waals surface area contributed by atoms with Crippen molar-refractivity contribution in [2.45, 2.75) is 26.1 Å². The van der Waals surface area contributed by atoms with Gasteiger partial charge in [-0.25, -0.2) is 4.39 Å². The summed E-state index contributed by atoms with van der Waals surface area (Å²) in [7, 11) is 0. The predicted octanol–water partition coefficient (Wildman–Crippen LogP) is 3.78. The fourth-order valence-electron chi connectivity index (χ4n) is 1.72. The molecule has 17 heavy (non-hydrogen) atoms. The van der Waals surface area contributed by atoms with Crippen molar-refractivity contribution in [1.82, 2.24) is 9.78 Å². The van der Waals surface area contributed by atoms with Crippen LogP contribution in [0.2, 0.25) is 0 Å². The highest BCUT2D eigenvalue weighted by Crippen LogP contribution is 2.35. The summed E-state index contributed by atoms with van der Waals surface area (Å²) in [5, 5.41) is 3.32. The Hall–Kier alpha value is -1.59. The van der Waals surface area contributed by atoms with Gasteiger partial charge in [-0.2, -0.15) is 18.3 Å². The number of hydrogen-bond donors (Lipinski definition) is 0. The van der Waals surface area contributed by atoms with Crippen molar-refractivity contribution in [1.29, 1.82) is 0 Å². The number of rotatable bonds is 1. The molecule has 0 unspecified atom stereocenters. The third-order valence-electron chi connectivity index (χ3n) is 2.43. The molecular formula is C11H10F4N2. The predicted molar refractivity (Wildman–Crippen MR) is 55.1 cm³/mol. The van der Waals surface area contributed by atoms with Gasteiger partial charge in [0.25, 0.3) is 0 Å². The van der Waals surface area contributed by atoms with Crippen molar-refractivity contribution in [2.75, 3.05) is 0 Å². The van der Waals surface area contributed by atoms with Crippen LogP contribution in [0.1, 0.15) is 25.6 Å². The van der Waals surface area contributed by atoms with Crippen LogP contribution in [0.3, 0.4) is 0 Å². The van der Waals surface area contributed by atoms with Gasteiger partial charge in [0.1, 0.15) is 5.82 Å². The molecule has 0 aliphatic rings. The molecule has 0 aliphatic carbocycles. The van der Waals surface area contributed by atoms with Gasteiger partial charge < -0.3 is 0 Å². The summed E-state index contributed by atoms with van der Waals surface area (Å²) in [5.74, 6) is -0.702. The first-order chi connectivity index (χ1) is 7.80. The Morgan fingerprint density at radius 1 is 1.24 bits per heavy atom. The molecule has 0 saturated heterocycles. The summed E-state index contributed by atoms with van der Waals surface area (Å²) >= 11 is 0. The topological polar surface area (TPSA) is 17.8 Å². The minimum Gasteiger partial charge on any atom is -0.262 e. The van der Waals surface area contributed by atoms with Crippen LogP contribution in [-0.4, -0.2) is 9.78 Å². The second kappa shape index (κ2) is 3.72. The van der Waals surface area contributed by atoms with Gasteiger partial charge in [-0.1, -0.05) is 0 Å². The van der Waals surface area contributed by atoms with E-state index in [1.807, 2.05) is 0 Å². The maximum absolute atomic E-state index is 13.0. The van der Waals surface area contributed by atoms with Gasteiger partial charge in [0.15, 0.2) is 5.69 Å². The van der Waals surface area contributed by atoms with E-state index in [0.29, 0.717) is 0 Å². The molecule has 92 valence electrons. The van der Waals surface area contributed by atoms with Crippen LogP contribution >= 0.6 is 0 Å². The quantitative estimate of drug-likeness (QED) is 0.700. The van der Waals surface area contributed by atoms with Crippen molar-refractivity contribution in [3.8, 4) is 0 Å². The molecule has 1 aromatic heterocycles. The second-order valence-electron chi connectivity index (χ2n) is 4.05. The average Bonchev–Trinajstić information content (AvgIpc) is 2.55. The number of fused-ring (bicyclic) bond motifs is 1. The molecule has 1 heterocycles. The SMILES string of the molecule is CC(C)n1nc(C(F)(F)F)c2cc(F)ccc21. The molecule has 0 spiro atoms. The standard InChI is InChI=1S/C11H10F4N2/c1-6(2)17-9-4-3-7(12)5-8(9)10(16-17)11(13,14)15/h3-6H,1-2H3. The number of benzene rings is 1. The van der Waals surface area contributed by atoms with Crippen molar-refractivity contribution >= 4 is 10.9 Å². The smallest absolute Gasteiger partial charge is 0.262 e. The van der Waals surface area contributed by atoms with Crippen molar-refractivity contribution in [2.24, 2.45) is 0 Å². The van der Waals surface area contributed by atoms with Crippen molar-refractivity contribution in [3.63, 3.8) is 0 Å². The van der Waals surface area contributed by atoms with Crippen molar-refractivity contribution in [3.05, 3.63) is 29.7 Å². The van der Waals surface area contributed by atoms with E-state index in [1.165, 1.54) is 10.7 Å². The molecule has 0 radical (unpaired) electrons. The second-order valence-corrected chi connectivity index (χ2v) is 4.05. The molecule has 2 aromatic rings. The number of aromatic nitrogens is 2. The van der Waals surface area contributed by atoms with Crippen LogP contribution in [0.4, 0.5) is 17.6 Å². The van der Waals surface area contributed by atoms with Gasteiger partial charge in [-0.05, 0) is 32.0 Å². The zero-order chi connectivity index (χ0) is 12.8. The Morgan fingerprint density at radius 2 is 1.88 bits per heavy atom. The average molecular weight is 246 g/mol. The van der Waals surface area contributed by atoms with E-state index in [0.717, 1.165) is 12.1 Å². The van der Waals surface area contributed by atoms with Crippen molar-refractivity contribution < 1.29 is 17.6 Å². The first-order valence-electron chi connectivity index (χ1n) is 5.05. The summed E-state index contributed by atoms with van der Waals surface area (Å²) in [6.07, 6.45) is -4.58. The van der Waals surface area contributed by atoms with Gasteiger partial charge in [0.05, 0.1) is 5.52 Å². The summed E-state index contributed by atoms with van der Waals surface area (Å²) in [6, 6.07) is 3.08. The summed E-state index contributed by atoms with van der Waals surface area (Å²) < 4.78 is 52.4. The zero-order valence-electron chi connectivity index (χ0n) is 9.22. The fraction of sp³-hybridized carbons (Fsp3) is 0.364. The number of hydrogen-bond acceptors (Lipinski definition) is 1. The number of halogens is 4. The summed E-state index contributed by atoms with van der Waals surface area (Å²) in [5.41, 5.74) is -0.755. The van der Waals surface area contributed by atoms with E-state index in [4.69, 9.17) is 0 Å². The van der Waals surface area contributed by atoms with Gasteiger partial charge in [-0.3, -0.25) is 4.68 Å². The lowest BCUT2D eigenvalue weighted by molar-refractivity contribution is -0.140. The first-order valence-corrected chi connectivity index (χ1v) is 5.05. The normalized spacial score (nSPS) is 12.6. The fourth-order valence-corrected chi connectivity index (χ4v) is 1.72. The van der Waals surface area contributed by atoms with Crippen LogP contribution in [0.15, 0.2) is 18.2 Å². The molecule has 0 fully saturated rings. The van der Waals surface area contributed by atoms with E-state index < -0.39 is 17.7 Å². The van der Waals surface area contributed by atoms with Gasteiger partial charge in [0.2, 0.25) is 0 Å². The van der Waals surface area contributed by atoms with Crippen LogP contribution < -0.4 is 0 Å². The van der Waals surface area contributed by atoms with E-state index >= 15 is 0 Å². The maximum atomic E-state index is 13.0. The lowest BCUT2D eigenvalue weighted by Crippen LogP contribution is -2.09. The summed E-state index contributed by atoms with van der Waals surface area (Å²) in [4.78, 5) is 0. The highest BCUT2D eigenvalue weighted by molar-refractivity contribution is 5.82. The van der Waals surface area contributed by atoms with E-state index in [-0.39, 0.29) is 16.9 Å². The Bertz CT molecular complexity index is 554. The van der Waals surface area contributed by atoms with E-state index in [2.05, 4.69) is 5.10 Å². The Balaban J connectivity index is 2.80. The largest absolute Gasteiger partial charge is 0.435 e. The molecule has 0 atom stereocenters. The van der Waals surface area contributed by atoms with Crippen LogP contribution in [0.25, 0.3) is 10.9 Å². The molecule has 6 heteroatoms. The molecule has 0 aliphatic heterocycles. The Kier molecular flexibility index (Phi) is 2.60. The molecule has 0 bridgehead atoms. The number of alkyl halides is 3. The highest BCUT2D eigenvalue weighted by atomic mass is 19.4. The van der Waals surface area contributed by atoms with E-state index in [9.17, 15) is 17.6 Å². The molecular weight excluding hydrogens is 236 g/mol. The number of nitrogens with zero attached hydrogens (tertiary/aromatic N) is 2. The molecule has 2 rings (SSSR count). The Labute approximate surface area is 94.8 Å². The van der Waals surface area contributed by atoms with Gasteiger partial charge in [-0.15, -0.1) is 0 Å². The minimum atomic E-state index is -4.58. The Morgan fingerprint density at radius 3 is 2.41 bits per heavy atom. The highest BCUT2D eigenvalue weighted by Gasteiger charge is 2.37. The maximum Gasteiger partial charge on any atom is 0.435 e. The van der Waals surface area contributed by atoms with E-state index in [1.54, 1.807) is 13.8 Å². The minimum absolute atomic E-state index is 0.203. The van der Waals surface area contributed by atoms with Gasteiger partial charge in [0, 0.05) is 11.4 Å². The molecule has 0 saturated carbocycles. The lowest BCUT2D eigenvalue weighted by atomic mass is 10.2. The van der Waals surface area contributed by atoms with Gasteiger partial charge >= 0.3 is 6.18 Å². The molecule has 1 aromatic carbocycles. The zero-order valence-corrected chi connectivity index (χ0v) is 9.22. The monoisotopic (exact) mass is 246 g/mol. The third kappa shape index (κ3) is 1.99. The molecule has 0 amide bonds. The van der Waals surface area contributed by atoms with Crippen LogP contribution in [0.5, 0.6) is 0 Å². The molecule has 0 N–H and O–H groups in total. The first kappa shape index (κ1) is 11.9. The molecule has 2 nitrogen and oxygen atoms in total. The van der Waals surface area contributed by atoms with Crippen LogP contribution in [0, 0.1) is 5.82 Å².